The molecule has 0 radical (unpaired) electrons. The summed E-state index contributed by atoms with van der Waals surface area (Å²) in [5.41, 5.74) is 2.89. The monoisotopic (exact) mass is 285 g/mol. The lowest BCUT2D eigenvalue weighted by Gasteiger charge is -2.15. The zero-order chi connectivity index (χ0) is 15.2. The third-order valence-corrected chi connectivity index (χ3v) is 3.16. The highest BCUT2D eigenvalue weighted by atomic mass is 16.5. The van der Waals surface area contributed by atoms with Crippen LogP contribution in [0.5, 0.6) is 11.5 Å². The molecular weight excluding hydrogens is 266 g/mol. The Kier molecular flexibility index (Phi) is 4.82. The Morgan fingerprint density at radius 2 is 1.71 bits per heavy atom. The first kappa shape index (κ1) is 14.9. The van der Waals surface area contributed by atoms with Crippen molar-refractivity contribution in [1.82, 2.24) is 0 Å². The molecule has 0 spiro atoms. The minimum atomic E-state index is -0.322. The summed E-state index contributed by atoms with van der Waals surface area (Å²) >= 11 is 0. The molecular formula is C17H19NO3. The van der Waals surface area contributed by atoms with E-state index >= 15 is 0 Å². The van der Waals surface area contributed by atoms with Crippen molar-refractivity contribution in [3.05, 3.63) is 53.6 Å². The van der Waals surface area contributed by atoms with Crippen molar-refractivity contribution in [2.45, 2.75) is 13.8 Å². The molecule has 4 nitrogen and oxygen atoms in total. The van der Waals surface area contributed by atoms with E-state index in [-0.39, 0.29) is 12.5 Å². The van der Waals surface area contributed by atoms with Gasteiger partial charge in [-0.15, -0.1) is 0 Å². The number of carbonyl (C=O) groups excluding carboxylic acids is 1. The van der Waals surface area contributed by atoms with Crippen LogP contribution in [0.15, 0.2) is 42.5 Å². The summed E-state index contributed by atoms with van der Waals surface area (Å²) in [6, 6.07) is 13.5. The number of esters is 1. The minimum Gasteiger partial charge on any atom is -0.468 e. The van der Waals surface area contributed by atoms with Crippen LogP contribution < -0.4 is 10.1 Å². The highest BCUT2D eigenvalue weighted by Crippen LogP contribution is 2.33. The highest BCUT2D eigenvalue weighted by Gasteiger charge is 2.09. The van der Waals surface area contributed by atoms with E-state index in [1.807, 2.05) is 56.3 Å². The molecule has 0 bridgehead atoms. The molecule has 0 saturated carbocycles. The lowest BCUT2D eigenvalue weighted by molar-refractivity contribution is -0.138. The number of anilines is 1. The number of hydrogen-bond acceptors (Lipinski definition) is 4. The summed E-state index contributed by atoms with van der Waals surface area (Å²) < 4.78 is 10.6. The number of aryl methyl sites for hydroxylation is 2. The van der Waals surface area contributed by atoms with Gasteiger partial charge in [0.2, 0.25) is 0 Å². The summed E-state index contributed by atoms with van der Waals surface area (Å²) in [4.78, 5) is 11.2. The van der Waals surface area contributed by atoms with Crippen molar-refractivity contribution in [3.8, 4) is 11.5 Å². The van der Waals surface area contributed by atoms with Gasteiger partial charge in [-0.1, -0.05) is 30.3 Å². The molecule has 1 N–H and O–H groups in total. The van der Waals surface area contributed by atoms with Crippen LogP contribution in [0.2, 0.25) is 0 Å². The van der Waals surface area contributed by atoms with E-state index in [2.05, 4.69) is 10.1 Å². The van der Waals surface area contributed by atoms with Crippen LogP contribution in [0.3, 0.4) is 0 Å². The molecule has 4 heteroatoms. The fraction of sp³-hybridized carbons (Fsp3) is 0.235. The molecule has 0 atom stereocenters. The molecule has 0 amide bonds. The smallest absolute Gasteiger partial charge is 0.325 e. The second-order valence-electron chi connectivity index (χ2n) is 4.75. The molecule has 0 saturated heterocycles. The van der Waals surface area contributed by atoms with Gasteiger partial charge in [0.1, 0.15) is 12.3 Å². The molecule has 0 heterocycles. The van der Waals surface area contributed by atoms with Gasteiger partial charge in [-0.25, -0.2) is 0 Å². The normalized spacial score (nSPS) is 10.0. The van der Waals surface area contributed by atoms with E-state index in [0.717, 1.165) is 22.6 Å². The summed E-state index contributed by atoms with van der Waals surface area (Å²) in [5, 5.41) is 3.02. The van der Waals surface area contributed by atoms with Crippen LogP contribution in [0, 0.1) is 13.8 Å². The van der Waals surface area contributed by atoms with Crippen molar-refractivity contribution >= 4 is 11.7 Å². The maximum Gasteiger partial charge on any atom is 0.325 e. The van der Waals surface area contributed by atoms with Gasteiger partial charge < -0.3 is 14.8 Å². The zero-order valence-corrected chi connectivity index (χ0v) is 12.5. The third kappa shape index (κ3) is 3.75. The number of methoxy groups -OCH3 is 1. The summed E-state index contributed by atoms with van der Waals surface area (Å²) in [5.74, 6) is 1.19. The number of hydrogen-bond donors (Lipinski definition) is 1. The molecule has 110 valence electrons. The van der Waals surface area contributed by atoms with Gasteiger partial charge >= 0.3 is 5.97 Å². The second kappa shape index (κ2) is 6.79. The zero-order valence-electron chi connectivity index (χ0n) is 12.5. The van der Waals surface area contributed by atoms with Crippen molar-refractivity contribution in [1.29, 1.82) is 0 Å². The lowest BCUT2D eigenvalue weighted by Crippen LogP contribution is -2.15. The van der Waals surface area contributed by atoms with Gasteiger partial charge in [0.05, 0.1) is 12.8 Å². The maximum absolute atomic E-state index is 11.2. The quantitative estimate of drug-likeness (QED) is 0.851. The Hall–Kier alpha value is -2.49. The van der Waals surface area contributed by atoms with Crippen molar-refractivity contribution in [2.24, 2.45) is 0 Å². The predicted octanol–water partition coefficient (Wildman–Crippen LogP) is 3.68. The molecule has 0 aromatic heterocycles. The van der Waals surface area contributed by atoms with E-state index < -0.39 is 0 Å². The van der Waals surface area contributed by atoms with Crippen LogP contribution in [0.25, 0.3) is 0 Å². The Balaban J connectivity index is 2.22. The lowest BCUT2D eigenvalue weighted by atomic mass is 10.1. The van der Waals surface area contributed by atoms with E-state index in [4.69, 9.17) is 4.74 Å². The molecule has 0 unspecified atom stereocenters. The Labute approximate surface area is 124 Å². The summed E-state index contributed by atoms with van der Waals surface area (Å²) in [7, 11) is 1.36. The summed E-state index contributed by atoms with van der Waals surface area (Å²) in [6.45, 7) is 4.11. The number of benzene rings is 2. The molecule has 2 aromatic carbocycles. The van der Waals surface area contributed by atoms with Gasteiger partial charge in [-0.3, -0.25) is 4.79 Å². The second-order valence-corrected chi connectivity index (χ2v) is 4.75. The number of rotatable bonds is 5. The van der Waals surface area contributed by atoms with E-state index in [9.17, 15) is 4.79 Å². The average molecular weight is 285 g/mol. The van der Waals surface area contributed by atoms with Crippen LogP contribution >= 0.6 is 0 Å². The molecule has 0 fully saturated rings. The fourth-order valence-electron chi connectivity index (χ4n) is 2.01. The van der Waals surface area contributed by atoms with E-state index in [1.54, 1.807) is 0 Å². The molecule has 0 aliphatic carbocycles. The SMILES string of the molecule is COC(=O)CNc1ccccc1Oc1c(C)cccc1C. The molecule has 21 heavy (non-hydrogen) atoms. The van der Waals surface area contributed by atoms with Crippen LogP contribution in [-0.2, 0) is 9.53 Å². The van der Waals surface area contributed by atoms with Crippen molar-refractivity contribution in [3.63, 3.8) is 0 Å². The van der Waals surface area contributed by atoms with Crippen molar-refractivity contribution in [2.75, 3.05) is 19.0 Å². The standard InChI is InChI=1S/C17H19NO3/c1-12-7-6-8-13(2)17(12)21-15-10-5-4-9-14(15)18-11-16(19)20-3/h4-10,18H,11H2,1-3H3. The molecule has 0 aliphatic rings. The maximum atomic E-state index is 11.2. The topological polar surface area (TPSA) is 47.6 Å². The van der Waals surface area contributed by atoms with Crippen LogP contribution in [0.4, 0.5) is 5.69 Å². The molecule has 0 aliphatic heterocycles. The van der Waals surface area contributed by atoms with E-state index in [0.29, 0.717) is 5.75 Å². The number of nitrogens with one attached hydrogen (secondary N) is 1. The minimum absolute atomic E-state index is 0.101. The predicted molar refractivity (Wildman–Crippen MR) is 82.9 cm³/mol. The Morgan fingerprint density at radius 3 is 2.38 bits per heavy atom. The largest absolute Gasteiger partial charge is 0.468 e. The summed E-state index contributed by atoms with van der Waals surface area (Å²) in [6.07, 6.45) is 0. The fourth-order valence-corrected chi connectivity index (χ4v) is 2.01. The van der Waals surface area contributed by atoms with Gasteiger partial charge in [0, 0.05) is 0 Å². The van der Waals surface area contributed by atoms with E-state index in [1.165, 1.54) is 7.11 Å². The first-order valence-corrected chi connectivity index (χ1v) is 6.75. The van der Waals surface area contributed by atoms with Crippen LogP contribution in [0.1, 0.15) is 11.1 Å². The first-order valence-electron chi connectivity index (χ1n) is 6.75. The molecule has 2 aromatic rings. The van der Waals surface area contributed by atoms with Gasteiger partial charge in [-0.05, 0) is 37.1 Å². The van der Waals surface area contributed by atoms with Gasteiger partial charge in [-0.2, -0.15) is 0 Å². The van der Waals surface area contributed by atoms with Crippen LogP contribution in [-0.4, -0.2) is 19.6 Å². The Bertz CT molecular complexity index is 617. The van der Waals surface area contributed by atoms with Gasteiger partial charge in [0.25, 0.3) is 0 Å². The third-order valence-electron chi connectivity index (χ3n) is 3.16. The Morgan fingerprint density at radius 1 is 1.05 bits per heavy atom. The number of ether oxygens (including phenoxy) is 2. The average Bonchev–Trinajstić information content (AvgIpc) is 2.49. The first-order chi connectivity index (χ1) is 10.1. The number of para-hydroxylation sites is 3. The highest BCUT2D eigenvalue weighted by molar-refractivity contribution is 5.75. The molecule has 2 rings (SSSR count). The van der Waals surface area contributed by atoms with Crippen molar-refractivity contribution < 1.29 is 14.3 Å². The van der Waals surface area contributed by atoms with Gasteiger partial charge in [0.15, 0.2) is 5.75 Å². The number of carbonyl (C=O) groups is 1.